The molecule has 8 heteroatoms. The van der Waals surface area contributed by atoms with Crippen LogP contribution in [0.4, 0.5) is 5.69 Å². The molecule has 3 rings (SSSR count). The predicted molar refractivity (Wildman–Crippen MR) is 112 cm³/mol. The number of hydrogen-bond acceptors (Lipinski definition) is 4. The first-order chi connectivity index (χ1) is 13.3. The van der Waals surface area contributed by atoms with Gasteiger partial charge in [0.25, 0.3) is 0 Å². The first-order valence-electron chi connectivity index (χ1n) is 8.69. The summed E-state index contributed by atoms with van der Waals surface area (Å²) in [6.07, 6.45) is 0. The molecule has 1 atom stereocenters. The minimum atomic E-state index is -0.445. The third-order valence-electron chi connectivity index (χ3n) is 4.31. The summed E-state index contributed by atoms with van der Waals surface area (Å²) in [5.74, 6) is -0.728. The van der Waals surface area contributed by atoms with Gasteiger partial charge in [0.1, 0.15) is 12.5 Å². The van der Waals surface area contributed by atoms with Gasteiger partial charge in [0.15, 0.2) is 0 Å². The summed E-state index contributed by atoms with van der Waals surface area (Å²) in [7, 11) is 3.41. The van der Waals surface area contributed by atoms with Crippen LogP contribution in [0.15, 0.2) is 53.6 Å². The van der Waals surface area contributed by atoms with Gasteiger partial charge in [-0.15, -0.1) is 0 Å². The number of hydrazone groups is 1. The number of halogens is 2. The average Bonchev–Trinajstić information content (AvgIpc) is 3.07. The van der Waals surface area contributed by atoms with E-state index in [9.17, 15) is 9.59 Å². The number of rotatable bonds is 5. The molecule has 1 N–H and O–H groups in total. The summed E-state index contributed by atoms with van der Waals surface area (Å²) in [4.78, 5) is 26.5. The van der Waals surface area contributed by atoms with E-state index >= 15 is 0 Å². The van der Waals surface area contributed by atoms with Crippen molar-refractivity contribution in [3.63, 3.8) is 0 Å². The van der Waals surface area contributed by atoms with Crippen LogP contribution in [0.1, 0.15) is 5.56 Å². The topological polar surface area (TPSA) is 65.0 Å². The number of nitrogens with one attached hydrogen (secondary N) is 1. The minimum absolute atomic E-state index is 0.0386. The minimum Gasteiger partial charge on any atom is -0.348 e. The molecule has 0 radical (unpaired) electrons. The lowest BCUT2D eigenvalue weighted by atomic mass is 9.96. The molecule has 6 nitrogen and oxygen atoms in total. The Morgan fingerprint density at radius 3 is 2.21 bits per heavy atom. The number of nitrogens with zero attached hydrogens (tertiary/aromatic N) is 3. The molecule has 0 saturated carbocycles. The molecule has 0 aliphatic carbocycles. The maximum Gasteiger partial charge on any atom is 0.245 e. The molecule has 1 heterocycles. The summed E-state index contributed by atoms with van der Waals surface area (Å²) in [6.45, 7) is 0.375. The van der Waals surface area contributed by atoms with Crippen LogP contribution >= 0.6 is 23.2 Å². The van der Waals surface area contributed by atoms with Gasteiger partial charge in [-0.05, 0) is 42.0 Å². The van der Waals surface area contributed by atoms with Crippen LogP contribution in [0.5, 0.6) is 0 Å². The number of amides is 2. The van der Waals surface area contributed by atoms with Gasteiger partial charge in [-0.1, -0.05) is 35.3 Å². The number of hydrogen-bond donors (Lipinski definition) is 1. The Bertz CT molecular complexity index is 895. The fourth-order valence-electron chi connectivity index (χ4n) is 2.95. The van der Waals surface area contributed by atoms with Crippen molar-refractivity contribution in [2.24, 2.45) is 11.0 Å². The van der Waals surface area contributed by atoms with Crippen molar-refractivity contribution >= 4 is 46.4 Å². The van der Waals surface area contributed by atoms with Crippen LogP contribution in [0.25, 0.3) is 0 Å². The van der Waals surface area contributed by atoms with Crippen molar-refractivity contribution < 1.29 is 9.59 Å². The first kappa shape index (κ1) is 20.2. The Morgan fingerprint density at radius 1 is 1.07 bits per heavy atom. The van der Waals surface area contributed by atoms with Crippen LogP contribution < -0.4 is 5.32 Å². The van der Waals surface area contributed by atoms with Crippen LogP contribution in [0.3, 0.4) is 0 Å². The molecule has 2 aromatic rings. The van der Waals surface area contributed by atoms with Crippen LogP contribution in [0.2, 0.25) is 10.0 Å². The second-order valence-corrected chi connectivity index (χ2v) is 7.55. The predicted octanol–water partition coefficient (Wildman–Crippen LogP) is 3.36. The number of carbonyl (C=O) groups is 2. The van der Waals surface area contributed by atoms with Gasteiger partial charge in [0, 0.05) is 29.8 Å². The normalized spacial score (nSPS) is 15.9. The van der Waals surface area contributed by atoms with Crippen LogP contribution in [-0.2, 0) is 9.59 Å². The van der Waals surface area contributed by atoms with Gasteiger partial charge in [-0.3, -0.25) is 14.6 Å². The Labute approximate surface area is 173 Å². The molecule has 2 amide bonds. The fraction of sp³-hybridized carbons (Fsp3) is 0.250. The fourth-order valence-corrected chi connectivity index (χ4v) is 3.20. The Hall–Kier alpha value is -2.57. The molecule has 0 aromatic heterocycles. The number of anilines is 1. The highest BCUT2D eigenvalue weighted by Crippen LogP contribution is 2.23. The number of carbonyl (C=O) groups excluding carboxylic acids is 2. The lowest BCUT2D eigenvalue weighted by molar-refractivity contribution is -0.131. The largest absolute Gasteiger partial charge is 0.348 e. The lowest BCUT2D eigenvalue weighted by Gasteiger charge is -2.19. The van der Waals surface area contributed by atoms with Gasteiger partial charge >= 0.3 is 0 Å². The molecule has 1 aliphatic rings. The van der Waals surface area contributed by atoms with E-state index in [1.54, 1.807) is 55.5 Å². The molecule has 1 unspecified atom stereocenters. The van der Waals surface area contributed by atoms with Gasteiger partial charge in [-0.25, -0.2) is 0 Å². The van der Waals surface area contributed by atoms with Crippen LogP contribution in [-0.4, -0.2) is 54.6 Å². The maximum absolute atomic E-state index is 12.6. The van der Waals surface area contributed by atoms with Crippen molar-refractivity contribution in [3.05, 3.63) is 64.1 Å². The molecular weight excluding hydrogens is 399 g/mol. The smallest absolute Gasteiger partial charge is 0.245 e. The standard InChI is InChI=1S/C20H20Cl2N4O2/c1-25(2)20(28)17-11-26(24-19(17)13-3-5-14(21)6-4-13)12-18(27)23-16-9-7-15(22)8-10-16/h3-10,17H,11-12H2,1-2H3,(H,23,27). The van der Waals surface area contributed by atoms with Gasteiger partial charge in [-0.2, -0.15) is 5.10 Å². The van der Waals surface area contributed by atoms with Gasteiger partial charge in [0.05, 0.1) is 12.3 Å². The molecule has 146 valence electrons. The monoisotopic (exact) mass is 418 g/mol. The second kappa shape index (κ2) is 8.63. The first-order valence-corrected chi connectivity index (χ1v) is 9.45. The summed E-state index contributed by atoms with van der Waals surface area (Å²) in [6, 6.07) is 14.0. The van der Waals surface area contributed by atoms with E-state index in [2.05, 4.69) is 10.4 Å². The van der Waals surface area contributed by atoms with E-state index in [0.717, 1.165) is 5.56 Å². The van der Waals surface area contributed by atoms with Gasteiger partial charge in [0.2, 0.25) is 11.8 Å². The molecule has 1 aliphatic heterocycles. The maximum atomic E-state index is 12.6. The summed E-state index contributed by atoms with van der Waals surface area (Å²) >= 11 is 11.8. The summed E-state index contributed by atoms with van der Waals surface area (Å²) in [5.41, 5.74) is 2.09. The highest BCUT2D eigenvalue weighted by atomic mass is 35.5. The second-order valence-electron chi connectivity index (χ2n) is 6.68. The van der Waals surface area contributed by atoms with E-state index in [0.29, 0.717) is 28.0 Å². The number of benzene rings is 2. The van der Waals surface area contributed by atoms with E-state index in [1.807, 2.05) is 12.1 Å². The summed E-state index contributed by atoms with van der Waals surface area (Å²) in [5, 5.41) is 10.2. The Balaban J connectivity index is 1.75. The molecule has 0 saturated heterocycles. The zero-order valence-electron chi connectivity index (χ0n) is 15.5. The van der Waals surface area contributed by atoms with Crippen molar-refractivity contribution in [2.75, 3.05) is 32.5 Å². The van der Waals surface area contributed by atoms with Crippen molar-refractivity contribution in [3.8, 4) is 0 Å². The molecule has 0 bridgehead atoms. The molecule has 28 heavy (non-hydrogen) atoms. The third kappa shape index (κ3) is 4.82. The van der Waals surface area contributed by atoms with E-state index in [4.69, 9.17) is 23.2 Å². The molecule has 2 aromatic carbocycles. The van der Waals surface area contributed by atoms with E-state index in [1.165, 1.54) is 4.90 Å². The Kier molecular flexibility index (Phi) is 6.21. The highest BCUT2D eigenvalue weighted by Gasteiger charge is 2.35. The Morgan fingerprint density at radius 2 is 1.64 bits per heavy atom. The summed E-state index contributed by atoms with van der Waals surface area (Å²) < 4.78 is 0. The highest BCUT2D eigenvalue weighted by molar-refractivity contribution is 6.31. The molecule has 0 fully saturated rings. The lowest BCUT2D eigenvalue weighted by Crippen LogP contribution is -2.37. The van der Waals surface area contributed by atoms with Crippen LogP contribution in [0, 0.1) is 5.92 Å². The van der Waals surface area contributed by atoms with Crippen molar-refractivity contribution in [1.29, 1.82) is 0 Å². The quantitative estimate of drug-likeness (QED) is 0.809. The van der Waals surface area contributed by atoms with E-state index in [-0.39, 0.29) is 18.4 Å². The van der Waals surface area contributed by atoms with Crippen molar-refractivity contribution in [1.82, 2.24) is 9.91 Å². The van der Waals surface area contributed by atoms with E-state index < -0.39 is 5.92 Å². The van der Waals surface area contributed by atoms with Crippen molar-refractivity contribution in [2.45, 2.75) is 0 Å². The van der Waals surface area contributed by atoms with Gasteiger partial charge < -0.3 is 10.2 Å². The third-order valence-corrected chi connectivity index (χ3v) is 4.81. The molecular formula is C20H20Cl2N4O2. The SMILES string of the molecule is CN(C)C(=O)C1CN(CC(=O)Nc2ccc(Cl)cc2)N=C1c1ccc(Cl)cc1. The zero-order valence-corrected chi connectivity index (χ0v) is 17.0. The molecule has 0 spiro atoms. The zero-order chi connectivity index (χ0) is 20.3. The average molecular weight is 419 g/mol.